The largest absolute Gasteiger partial charge is 0.391 e. The van der Waals surface area contributed by atoms with Crippen LogP contribution in [0.2, 0.25) is 0 Å². The molecule has 0 aromatic heterocycles. The number of hydrogen-bond donors (Lipinski definition) is 3. The van der Waals surface area contributed by atoms with Crippen LogP contribution in [0, 0.1) is 0 Å². The first kappa shape index (κ1) is 12.5. The molecular formula is C14H16N2O2. The van der Waals surface area contributed by atoms with Gasteiger partial charge in [-0.1, -0.05) is 30.3 Å². The minimum Gasteiger partial charge on any atom is -0.391 e. The third-order valence-electron chi connectivity index (χ3n) is 2.84. The molecule has 0 fully saturated rings. The summed E-state index contributed by atoms with van der Waals surface area (Å²) in [7, 11) is 0. The molecule has 0 aliphatic rings. The Morgan fingerprint density at radius 1 is 1.22 bits per heavy atom. The van der Waals surface area contributed by atoms with Crippen molar-refractivity contribution in [2.75, 3.05) is 5.32 Å². The fraction of sp³-hybridized carbons (Fsp3) is 0.214. The maximum Gasteiger partial charge on any atom is 0.243 e. The van der Waals surface area contributed by atoms with Gasteiger partial charge in [-0.3, -0.25) is 4.79 Å². The van der Waals surface area contributed by atoms with Gasteiger partial charge in [-0.15, -0.1) is 0 Å². The molecule has 0 aliphatic carbocycles. The normalized spacial score (nSPS) is 14.2. The van der Waals surface area contributed by atoms with Gasteiger partial charge in [-0.25, -0.2) is 0 Å². The van der Waals surface area contributed by atoms with Crippen molar-refractivity contribution in [2.24, 2.45) is 5.73 Å². The predicted octanol–water partition coefficient (Wildman–Crippen LogP) is 1.49. The fourth-order valence-electron chi connectivity index (χ4n) is 1.71. The highest BCUT2D eigenvalue weighted by Crippen LogP contribution is 2.18. The number of anilines is 1. The lowest BCUT2D eigenvalue weighted by Gasteiger charge is -2.14. The average Bonchev–Trinajstić information content (AvgIpc) is 2.37. The lowest BCUT2D eigenvalue weighted by Crippen LogP contribution is -2.43. The summed E-state index contributed by atoms with van der Waals surface area (Å²) in [6, 6.07) is 12.6. The van der Waals surface area contributed by atoms with Crippen molar-refractivity contribution in [3.8, 4) is 0 Å². The highest BCUT2D eigenvalue weighted by atomic mass is 16.3. The number of aliphatic hydroxyl groups is 1. The standard InChI is InChI=1S/C14H16N2O2/c1-9(17)13(15)14(18)16-12-7-6-10-4-2-3-5-11(10)8-12/h2-9,13,17H,15H2,1H3,(H,16,18)/t9-,13-/m1/s1. The van der Waals surface area contributed by atoms with Crippen LogP contribution in [0.25, 0.3) is 10.8 Å². The van der Waals surface area contributed by atoms with Crippen LogP contribution >= 0.6 is 0 Å². The number of amides is 1. The van der Waals surface area contributed by atoms with Crippen molar-refractivity contribution in [1.82, 2.24) is 0 Å². The van der Waals surface area contributed by atoms with E-state index in [0.29, 0.717) is 5.69 Å². The topological polar surface area (TPSA) is 75.3 Å². The van der Waals surface area contributed by atoms with E-state index in [1.807, 2.05) is 42.5 Å². The van der Waals surface area contributed by atoms with E-state index < -0.39 is 12.1 Å². The van der Waals surface area contributed by atoms with E-state index >= 15 is 0 Å². The predicted molar refractivity (Wildman–Crippen MR) is 72.2 cm³/mol. The first-order chi connectivity index (χ1) is 8.58. The Hall–Kier alpha value is -1.91. The molecule has 0 saturated heterocycles. The third kappa shape index (κ3) is 2.67. The van der Waals surface area contributed by atoms with E-state index in [0.717, 1.165) is 10.8 Å². The number of carbonyl (C=O) groups excluding carboxylic acids is 1. The molecule has 2 aromatic rings. The van der Waals surface area contributed by atoms with Crippen molar-refractivity contribution < 1.29 is 9.90 Å². The summed E-state index contributed by atoms with van der Waals surface area (Å²) < 4.78 is 0. The molecular weight excluding hydrogens is 228 g/mol. The minimum atomic E-state index is -0.920. The summed E-state index contributed by atoms with van der Waals surface area (Å²) in [6.07, 6.45) is -0.870. The van der Waals surface area contributed by atoms with Crippen LogP contribution in [-0.4, -0.2) is 23.2 Å². The van der Waals surface area contributed by atoms with Gasteiger partial charge in [-0.2, -0.15) is 0 Å². The monoisotopic (exact) mass is 244 g/mol. The molecule has 2 rings (SSSR count). The second-order valence-electron chi connectivity index (χ2n) is 4.32. The zero-order valence-electron chi connectivity index (χ0n) is 10.1. The molecule has 4 N–H and O–H groups in total. The first-order valence-electron chi connectivity index (χ1n) is 5.81. The molecule has 0 bridgehead atoms. The lowest BCUT2D eigenvalue weighted by molar-refractivity contribution is -0.119. The van der Waals surface area contributed by atoms with E-state index in [9.17, 15) is 9.90 Å². The molecule has 2 atom stereocenters. The Bertz CT molecular complexity index is 566. The minimum absolute atomic E-state index is 0.389. The summed E-state index contributed by atoms with van der Waals surface area (Å²) in [5.41, 5.74) is 6.23. The Morgan fingerprint density at radius 2 is 1.89 bits per heavy atom. The second kappa shape index (κ2) is 5.16. The number of nitrogens with two attached hydrogens (primary N) is 1. The molecule has 94 valence electrons. The highest BCUT2D eigenvalue weighted by molar-refractivity contribution is 5.97. The summed E-state index contributed by atoms with van der Waals surface area (Å²) in [6.45, 7) is 1.49. The van der Waals surface area contributed by atoms with Gasteiger partial charge >= 0.3 is 0 Å². The van der Waals surface area contributed by atoms with Crippen molar-refractivity contribution in [1.29, 1.82) is 0 Å². The van der Waals surface area contributed by atoms with E-state index in [4.69, 9.17) is 5.73 Å². The van der Waals surface area contributed by atoms with Crippen LogP contribution < -0.4 is 11.1 Å². The van der Waals surface area contributed by atoms with Crippen LogP contribution in [0.5, 0.6) is 0 Å². The summed E-state index contributed by atoms with van der Waals surface area (Å²) in [4.78, 5) is 11.7. The molecule has 0 unspecified atom stereocenters. The van der Waals surface area contributed by atoms with Crippen molar-refractivity contribution >= 4 is 22.4 Å². The number of nitrogens with one attached hydrogen (secondary N) is 1. The maximum atomic E-state index is 11.7. The molecule has 18 heavy (non-hydrogen) atoms. The Kier molecular flexibility index (Phi) is 3.60. The SMILES string of the molecule is C[C@@H](O)[C@@H](N)C(=O)Nc1ccc2ccccc2c1. The molecule has 1 amide bonds. The first-order valence-corrected chi connectivity index (χ1v) is 5.81. The number of rotatable bonds is 3. The molecule has 0 aliphatic heterocycles. The van der Waals surface area contributed by atoms with Gasteiger partial charge < -0.3 is 16.2 Å². The van der Waals surface area contributed by atoms with Crippen molar-refractivity contribution in [3.63, 3.8) is 0 Å². The zero-order valence-corrected chi connectivity index (χ0v) is 10.1. The number of benzene rings is 2. The van der Waals surface area contributed by atoms with Crippen LogP contribution in [0.3, 0.4) is 0 Å². The van der Waals surface area contributed by atoms with Gasteiger partial charge in [0.05, 0.1) is 6.10 Å². The molecule has 2 aromatic carbocycles. The van der Waals surface area contributed by atoms with Gasteiger partial charge in [0, 0.05) is 5.69 Å². The summed E-state index contributed by atoms with van der Waals surface area (Å²) in [5, 5.41) is 14.1. The summed E-state index contributed by atoms with van der Waals surface area (Å²) in [5.74, 6) is -0.389. The van der Waals surface area contributed by atoms with Crippen molar-refractivity contribution in [3.05, 3.63) is 42.5 Å². The zero-order chi connectivity index (χ0) is 13.1. The maximum absolute atomic E-state index is 11.7. The Balaban J connectivity index is 2.19. The second-order valence-corrected chi connectivity index (χ2v) is 4.32. The highest BCUT2D eigenvalue weighted by Gasteiger charge is 2.18. The molecule has 4 nitrogen and oxygen atoms in total. The van der Waals surface area contributed by atoms with Gasteiger partial charge in [-0.05, 0) is 29.8 Å². The van der Waals surface area contributed by atoms with Crippen LogP contribution in [0.1, 0.15) is 6.92 Å². The quantitative estimate of drug-likeness (QED) is 0.765. The number of hydrogen-bond acceptors (Lipinski definition) is 3. The van der Waals surface area contributed by atoms with Gasteiger partial charge in [0.25, 0.3) is 0 Å². The molecule has 0 spiro atoms. The van der Waals surface area contributed by atoms with Gasteiger partial charge in [0.15, 0.2) is 0 Å². The third-order valence-corrected chi connectivity index (χ3v) is 2.84. The van der Waals surface area contributed by atoms with Crippen molar-refractivity contribution in [2.45, 2.75) is 19.1 Å². The van der Waals surface area contributed by atoms with E-state index in [2.05, 4.69) is 5.32 Å². The number of fused-ring (bicyclic) bond motifs is 1. The van der Waals surface area contributed by atoms with E-state index in [1.54, 1.807) is 0 Å². The Labute approximate surface area is 105 Å². The van der Waals surface area contributed by atoms with E-state index in [-0.39, 0.29) is 5.91 Å². The van der Waals surface area contributed by atoms with E-state index in [1.165, 1.54) is 6.92 Å². The molecule has 4 heteroatoms. The van der Waals surface area contributed by atoms with Crippen LogP contribution in [-0.2, 0) is 4.79 Å². The lowest BCUT2D eigenvalue weighted by atomic mass is 10.1. The average molecular weight is 244 g/mol. The molecule has 0 saturated carbocycles. The summed E-state index contributed by atoms with van der Waals surface area (Å²) >= 11 is 0. The number of carbonyl (C=O) groups is 1. The van der Waals surface area contributed by atoms with Crippen LogP contribution in [0.4, 0.5) is 5.69 Å². The van der Waals surface area contributed by atoms with Crippen LogP contribution in [0.15, 0.2) is 42.5 Å². The molecule has 0 heterocycles. The smallest absolute Gasteiger partial charge is 0.243 e. The molecule has 0 radical (unpaired) electrons. The number of aliphatic hydroxyl groups excluding tert-OH is 1. The fourth-order valence-corrected chi connectivity index (χ4v) is 1.71. The Morgan fingerprint density at radius 3 is 2.56 bits per heavy atom. The van der Waals surface area contributed by atoms with Gasteiger partial charge in [0.2, 0.25) is 5.91 Å². The van der Waals surface area contributed by atoms with Gasteiger partial charge in [0.1, 0.15) is 6.04 Å².